The molecule has 0 unspecified atom stereocenters. The summed E-state index contributed by atoms with van der Waals surface area (Å²) in [5.41, 5.74) is -0.499. The molecule has 3 heterocycles. The van der Waals surface area contributed by atoms with E-state index in [1.807, 2.05) is 27.7 Å². The Labute approximate surface area is 124 Å². The molecule has 0 aliphatic rings. The average molecular weight is 305 g/mol. The molecular weight excluding hydrogens is 290 g/mol. The number of H-pyrrole nitrogens is 1. The molecule has 3 rings (SSSR count). The summed E-state index contributed by atoms with van der Waals surface area (Å²) in [5, 5.41) is 0.516. The number of nitrogens with one attached hydrogen (secondary N) is 1. The molecule has 0 saturated heterocycles. The first-order chi connectivity index (χ1) is 9.80. The normalized spacial score (nSPS) is 12.2. The van der Waals surface area contributed by atoms with Gasteiger partial charge in [0.15, 0.2) is 0 Å². The van der Waals surface area contributed by atoms with Crippen molar-refractivity contribution in [3.63, 3.8) is 0 Å². The maximum absolute atomic E-state index is 12.7. The highest BCUT2D eigenvalue weighted by Gasteiger charge is 2.23. The van der Waals surface area contributed by atoms with E-state index in [9.17, 15) is 9.59 Å². The minimum absolute atomic E-state index is 0.284. The van der Waals surface area contributed by atoms with Crippen molar-refractivity contribution < 1.29 is 4.42 Å². The monoisotopic (exact) mass is 305 g/mol. The van der Waals surface area contributed by atoms with Gasteiger partial charge in [0.1, 0.15) is 11.1 Å². The summed E-state index contributed by atoms with van der Waals surface area (Å²) in [7, 11) is 0. The quantitative estimate of drug-likeness (QED) is 0.749. The number of fused-ring (bicyclic) bond motifs is 1. The zero-order valence-corrected chi connectivity index (χ0v) is 13.0. The Kier molecular flexibility index (Phi) is 2.91. The number of aryl methyl sites for hydroxylation is 1. The molecule has 0 atom stereocenters. The molecule has 21 heavy (non-hydrogen) atoms. The van der Waals surface area contributed by atoms with Crippen molar-refractivity contribution in [1.82, 2.24) is 14.5 Å². The first kappa shape index (κ1) is 13.8. The average Bonchev–Trinajstić information content (AvgIpc) is 2.95. The van der Waals surface area contributed by atoms with Crippen LogP contribution in [0.15, 0.2) is 26.5 Å². The lowest BCUT2D eigenvalue weighted by molar-refractivity contribution is 0.370. The number of thiophene rings is 1. The molecule has 3 aromatic rings. The molecule has 0 radical (unpaired) electrons. The molecule has 0 aliphatic heterocycles. The van der Waals surface area contributed by atoms with E-state index < -0.39 is 11.2 Å². The maximum atomic E-state index is 12.7. The van der Waals surface area contributed by atoms with Gasteiger partial charge in [0.05, 0.1) is 16.5 Å². The SMILES string of the molecule is Cc1c(-c2ncco2)sc2[nH]c(=O)n(C(C)(C)C)c(=O)c12. The summed E-state index contributed by atoms with van der Waals surface area (Å²) in [5.74, 6) is 0.455. The molecular formula is C14H15N3O3S. The molecule has 1 N–H and O–H groups in total. The van der Waals surface area contributed by atoms with Crippen LogP contribution in [0.4, 0.5) is 0 Å². The van der Waals surface area contributed by atoms with Gasteiger partial charge in [-0.1, -0.05) is 0 Å². The second-order valence-corrected chi connectivity index (χ2v) is 6.86. The van der Waals surface area contributed by atoms with Crippen LogP contribution in [-0.4, -0.2) is 14.5 Å². The lowest BCUT2D eigenvalue weighted by Crippen LogP contribution is -2.44. The highest BCUT2D eigenvalue weighted by molar-refractivity contribution is 7.22. The summed E-state index contributed by atoms with van der Waals surface area (Å²) in [6.45, 7) is 7.32. The zero-order chi connectivity index (χ0) is 15.4. The Morgan fingerprint density at radius 2 is 2.05 bits per heavy atom. The highest BCUT2D eigenvalue weighted by atomic mass is 32.1. The summed E-state index contributed by atoms with van der Waals surface area (Å²) < 4.78 is 6.54. The zero-order valence-electron chi connectivity index (χ0n) is 12.2. The van der Waals surface area contributed by atoms with Gasteiger partial charge in [0.2, 0.25) is 5.89 Å². The number of hydrogen-bond donors (Lipinski definition) is 1. The Morgan fingerprint density at radius 1 is 1.33 bits per heavy atom. The summed E-state index contributed by atoms with van der Waals surface area (Å²) in [4.78, 5) is 33.1. The van der Waals surface area contributed by atoms with Crippen molar-refractivity contribution in [3.05, 3.63) is 38.9 Å². The molecule has 0 amide bonds. The number of rotatable bonds is 1. The lowest BCUT2D eigenvalue weighted by atomic mass is 10.1. The van der Waals surface area contributed by atoms with Gasteiger partial charge >= 0.3 is 5.69 Å². The second kappa shape index (κ2) is 4.42. The first-order valence-corrected chi connectivity index (χ1v) is 7.31. The maximum Gasteiger partial charge on any atom is 0.329 e. The Hall–Kier alpha value is -2.15. The number of aromatic amines is 1. The van der Waals surface area contributed by atoms with Gasteiger partial charge in [0.25, 0.3) is 5.56 Å². The van der Waals surface area contributed by atoms with E-state index >= 15 is 0 Å². The predicted octanol–water partition coefficient (Wildman–Crippen LogP) is 2.47. The van der Waals surface area contributed by atoms with Crippen LogP contribution in [0, 0.1) is 6.92 Å². The van der Waals surface area contributed by atoms with Gasteiger partial charge in [-0.2, -0.15) is 0 Å². The largest absolute Gasteiger partial charge is 0.444 e. The van der Waals surface area contributed by atoms with Gasteiger partial charge in [-0.3, -0.25) is 14.3 Å². The summed E-state index contributed by atoms with van der Waals surface area (Å²) in [6.07, 6.45) is 3.03. The number of nitrogens with zero attached hydrogens (tertiary/aromatic N) is 2. The van der Waals surface area contributed by atoms with Crippen LogP contribution in [-0.2, 0) is 5.54 Å². The number of aromatic nitrogens is 3. The van der Waals surface area contributed by atoms with Gasteiger partial charge in [-0.05, 0) is 33.3 Å². The van der Waals surface area contributed by atoms with Crippen molar-refractivity contribution in [2.45, 2.75) is 33.2 Å². The van der Waals surface area contributed by atoms with Gasteiger partial charge in [-0.15, -0.1) is 11.3 Å². The molecule has 0 aromatic carbocycles. The van der Waals surface area contributed by atoms with Gasteiger partial charge in [-0.25, -0.2) is 9.78 Å². The molecule has 0 fully saturated rings. The Bertz CT molecular complexity index is 923. The molecule has 0 saturated carbocycles. The molecule has 3 aromatic heterocycles. The van der Waals surface area contributed by atoms with Crippen LogP contribution >= 0.6 is 11.3 Å². The van der Waals surface area contributed by atoms with Crippen molar-refractivity contribution >= 4 is 21.6 Å². The first-order valence-electron chi connectivity index (χ1n) is 6.49. The fraction of sp³-hybridized carbons (Fsp3) is 0.357. The molecule has 7 heteroatoms. The van der Waals surface area contributed by atoms with Crippen LogP contribution in [0.5, 0.6) is 0 Å². The van der Waals surface area contributed by atoms with Crippen molar-refractivity contribution in [2.75, 3.05) is 0 Å². The van der Waals surface area contributed by atoms with E-state index in [1.165, 1.54) is 22.2 Å². The summed E-state index contributed by atoms with van der Waals surface area (Å²) in [6, 6.07) is 0. The van der Waals surface area contributed by atoms with Crippen molar-refractivity contribution in [3.8, 4) is 10.8 Å². The Morgan fingerprint density at radius 3 is 2.62 bits per heavy atom. The van der Waals surface area contributed by atoms with Crippen LogP contribution in [0.25, 0.3) is 21.0 Å². The number of oxazole rings is 1. The minimum Gasteiger partial charge on any atom is -0.444 e. The van der Waals surface area contributed by atoms with E-state index in [4.69, 9.17) is 4.42 Å². The Balaban J connectivity index is 2.43. The van der Waals surface area contributed by atoms with E-state index in [0.717, 1.165) is 10.4 Å². The lowest BCUT2D eigenvalue weighted by Gasteiger charge is -2.20. The third-order valence-corrected chi connectivity index (χ3v) is 4.48. The van der Waals surface area contributed by atoms with E-state index in [1.54, 1.807) is 6.20 Å². The number of hydrogen-bond acceptors (Lipinski definition) is 5. The van der Waals surface area contributed by atoms with Crippen LogP contribution in [0.1, 0.15) is 26.3 Å². The van der Waals surface area contributed by atoms with Crippen LogP contribution in [0.3, 0.4) is 0 Å². The smallest absolute Gasteiger partial charge is 0.329 e. The highest BCUT2D eigenvalue weighted by Crippen LogP contribution is 2.34. The molecule has 0 aliphatic carbocycles. The topological polar surface area (TPSA) is 80.9 Å². The van der Waals surface area contributed by atoms with E-state index in [2.05, 4.69) is 9.97 Å². The second-order valence-electron chi connectivity index (χ2n) is 5.84. The summed E-state index contributed by atoms with van der Waals surface area (Å²) >= 11 is 1.30. The van der Waals surface area contributed by atoms with E-state index in [-0.39, 0.29) is 5.56 Å². The predicted molar refractivity (Wildman–Crippen MR) is 81.9 cm³/mol. The van der Waals surface area contributed by atoms with Crippen LogP contribution < -0.4 is 11.2 Å². The minimum atomic E-state index is -0.587. The molecule has 0 bridgehead atoms. The van der Waals surface area contributed by atoms with Crippen LogP contribution in [0.2, 0.25) is 0 Å². The standard InChI is InChI=1S/C14H15N3O3S/c1-7-8-11(21-9(7)10-15-5-6-20-10)16-13(19)17(12(8)18)14(2,3)4/h5-6H,1-4H3,(H,16,19). The van der Waals surface area contributed by atoms with Gasteiger partial charge < -0.3 is 4.42 Å². The fourth-order valence-corrected chi connectivity index (χ4v) is 3.49. The fourth-order valence-electron chi connectivity index (χ4n) is 2.36. The third-order valence-electron chi connectivity index (χ3n) is 3.28. The van der Waals surface area contributed by atoms with Gasteiger partial charge in [0, 0.05) is 5.54 Å². The van der Waals surface area contributed by atoms with E-state index in [0.29, 0.717) is 16.1 Å². The molecule has 110 valence electrons. The molecule has 6 nitrogen and oxygen atoms in total. The van der Waals surface area contributed by atoms with Crippen molar-refractivity contribution in [2.24, 2.45) is 0 Å². The third kappa shape index (κ3) is 2.04. The van der Waals surface area contributed by atoms with Crippen molar-refractivity contribution in [1.29, 1.82) is 0 Å². The molecule has 0 spiro atoms.